The minimum absolute atomic E-state index is 0.0617. The Labute approximate surface area is 147 Å². The van der Waals surface area contributed by atoms with Crippen molar-refractivity contribution in [3.8, 4) is 0 Å². The van der Waals surface area contributed by atoms with Gasteiger partial charge in [0, 0.05) is 29.5 Å². The lowest BCUT2D eigenvalue weighted by Gasteiger charge is -2.35. The maximum atomic E-state index is 12.3. The van der Waals surface area contributed by atoms with Crippen LogP contribution >= 0.6 is 11.6 Å². The van der Waals surface area contributed by atoms with Crippen molar-refractivity contribution in [2.24, 2.45) is 0 Å². The van der Waals surface area contributed by atoms with E-state index in [0.29, 0.717) is 12.1 Å². The molecule has 0 radical (unpaired) electrons. The molecule has 0 saturated carbocycles. The molecule has 0 aliphatic carbocycles. The average molecular weight is 344 g/mol. The minimum atomic E-state index is -0.0617. The van der Waals surface area contributed by atoms with Crippen LogP contribution in [-0.4, -0.2) is 35.4 Å². The first-order valence-corrected chi connectivity index (χ1v) is 8.79. The molecule has 24 heavy (non-hydrogen) atoms. The standard InChI is InChI=1S/C19H22ClN3O/c20-17-6-4-15(5-7-17)18(23-12-2-1-3-13-23)14-22-19(24)16-8-10-21-11-9-16/h4-11,18H,1-3,12-14H2,(H,22,24)/t18-/m1/s1. The van der Waals surface area contributed by atoms with E-state index in [0.717, 1.165) is 18.1 Å². The highest BCUT2D eigenvalue weighted by atomic mass is 35.5. The van der Waals surface area contributed by atoms with Crippen LogP contribution in [0.15, 0.2) is 48.8 Å². The number of benzene rings is 1. The van der Waals surface area contributed by atoms with Crippen LogP contribution in [0.3, 0.4) is 0 Å². The van der Waals surface area contributed by atoms with Crippen molar-refractivity contribution in [2.45, 2.75) is 25.3 Å². The molecule has 1 aromatic heterocycles. The smallest absolute Gasteiger partial charge is 0.251 e. The van der Waals surface area contributed by atoms with Gasteiger partial charge in [0.1, 0.15) is 0 Å². The third kappa shape index (κ3) is 4.34. The Morgan fingerprint density at radius 3 is 2.42 bits per heavy atom. The summed E-state index contributed by atoms with van der Waals surface area (Å²) in [4.78, 5) is 18.7. The highest BCUT2D eigenvalue weighted by Gasteiger charge is 2.23. The Bertz CT molecular complexity index is 654. The summed E-state index contributed by atoms with van der Waals surface area (Å²) in [5.41, 5.74) is 1.83. The summed E-state index contributed by atoms with van der Waals surface area (Å²) in [5.74, 6) is -0.0617. The van der Waals surface area contributed by atoms with Gasteiger partial charge in [-0.25, -0.2) is 0 Å². The van der Waals surface area contributed by atoms with Gasteiger partial charge in [-0.05, 0) is 55.8 Å². The first-order chi connectivity index (χ1) is 11.7. The Morgan fingerprint density at radius 1 is 1.08 bits per heavy atom. The van der Waals surface area contributed by atoms with Gasteiger partial charge < -0.3 is 5.32 Å². The highest BCUT2D eigenvalue weighted by Crippen LogP contribution is 2.25. The second-order valence-electron chi connectivity index (χ2n) is 6.11. The summed E-state index contributed by atoms with van der Waals surface area (Å²) in [5, 5.41) is 3.80. The summed E-state index contributed by atoms with van der Waals surface area (Å²) in [7, 11) is 0. The molecular formula is C19H22ClN3O. The lowest BCUT2D eigenvalue weighted by Crippen LogP contribution is -2.40. The predicted molar refractivity (Wildman–Crippen MR) is 96.2 cm³/mol. The molecule has 0 bridgehead atoms. The molecule has 1 saturated heterocycles. The molecule has 2 heterocycles. The van der Waals surface area contributed by atoms with Crippen LogP contribution in [-0.2, 0) is 0 Å². The molecule has 1 aliphatic heterocycles. The van der Waals surface area contributed by atoms with Crippen LogP contribution in [0.1, 0.15) is 41.2 Å². The second-order valence-corrected chi connectivity index (χ2v) is 6.55. The molecule has 1 fully saturated rings. The quantitative estimate of drug-likeness (QED) is 0.900. The molecule has 1 amide bonds. The zero-order valence-corrected chi connectivity index (χ0v) is 14.4. The number of nitrogens with one attached hydrogen (secondary N) is 1. The molecule has 1 aromatic carbocycles. The van der Waals surface area contributed by atoms with Gasteiger partial charge in [0.15, 0.2) is 0 Å². The molecular weight excluding hydrogens is 322 g/mol. The van der Waals surface area contributed by atoms with Crippen molar-refractivity contribution in [3.05, 3.63) is 64.9 Å². The number of carbonyl (C=O) groups excluding carboxylic acids is 1. The Hall–Kier alpha value is -1.91. The van der Waals surface area contributed by atoms with E-state index in [9.17, 15) is 4.79 Å². The number of amides is 1. The SMILES string of the molecule is O=C(NC[C@H](c1ccc(Cl)cc1)N1CCCCC1)c1ccncc1. The maximum absolute atomic E-state index is 12.3. The first kappa shape index (κ1) is 16.9. The fourth-order valence-corrected chi connectivity index (χ4v) is 3.29. The van der Waals surface area contributed by atoms with Crippen LogP contribution in [0.5, 0.6) is 0 Å². The van der Waals surface area contributed by atoms with Gasteiger partial charge in [-0.3, -0.25) is 14.7 Å². The van der Waals surface area contributed by atoms with Crippen molar-refractivity contribution >= 4 is 17.5 Å². The van der Waals surface area contributed by atoms with E-state index in [1.54, 1.807) is 24.5 Å². The molecule has 1 atom stereocenters. The van der Waals surface area contributed by atoms with E-state index in [-0.39, 0.29) is 11.9 Å². The van der Waals surface area contributed by atoms with E-state index < -0.39 is 0 Å². The Kier molecular flexibility index (Phi) is 5.83. The zero-order valence-electron chi connectivity index (χ0n) is 13.6. The van der Waals surface area contributed by atoms with Crippen LogP contribution in [0.25, 0.3) is 0 Å². The summed E-state index contributed by atoms with van der Waals surface area (Å²) in [6.45, 7) is 2.72. The van der Waals surface area contributed by atoms with E-state index in [1.807, 2.05) is 12.1 Å². The number of likely N-dealkylation sites (tertiary alicyclic amines) is 1. The molecule has 1 aliphatic rings. The van der Waals surface area contributed by atoms with E-state index in [4.69, 9.17) is 11.6 Å². The number of aromatic nitrogens is 1. The van der Waals surface area contributed by atoms with Gasteiger partial charge in [0.05, 0.1) is 6.04 Å². The van der Waals surface area contributed by atoms with Gasteiger partial charge in [-0.1, -0.05) is 30.2 Å². The topological polar surface area (TPSA) is 45.2 Å². The van der Waals surface area contributed by atoms with Gasteiger partial charge in [-0.15, -0.1) is 0 Å². The summed E-state index contributed by atoms with van der Waals surface area (Å²) in [6.07, 6.45) is 6.98. The van der Waals surface area contributed by atoms with E-state index >= 15 is 0 Å². The predicted octanol–water partition coefficient (Wildman–Crippen LogP) is 3.69. The van der Waals surface area contributed by atoms with Crippen molar-refractivity contribution in [2.75, 3.05) is 19.6 Å². The largest absolute Gasteiger partial charge is 0.350 e. The molecule has 2 aromatic rings. The zero-order chi connectivity index (χ0) is 16.8. The van der Waals surface area contributed by atoms with Gasteiger partial charge in [-0.2, -0.15) is 0 Å². The number of rotatable bonds is 5. The molecule has 5 heteroatoms. The molecule has 3 rings (SSSR count). The number of pyridine rings is 1. The van der Waals surface area contributed by atoms with E-state index in [1.165, 1.54) is 24.8 Å². The number of halogens is 1. The maximum Gasteiger partial charge on any atom is 0.251 e. The number of nitrogens with zero attached hydrogens (tertiary/aromatic N) is 2. The number of hydrogen-bond acceptors (Lipinski definition) is 3. The van der Waals surface area contributed by atoms with Crippen LogP contribution in [0.2, 0.25) is 5.02 Å². The summed E-state index contributed by atoms with van der Waals surface area (Å²) >= 11 is 6.02. The monoisotopic (exact) mass is 343 g/mol. The van der Waals surface area contributed by atoms with Gasteiger partial charge >= 0.3 is 0 Å². The van der Waals surface area contributed by atoms with Crippen LogP contribution in [0.4, 0.5) is 0 Å². The molecule has 126 valence electrons. The Balaban J connectivity index is 1.72. The van der Waals surface area contributed by atoms with Gasteiger partial charge in [0.2, 0.25) is 0 Å². The fraction of sp³-hybridized carbons (Fsp3) is 0.368. The number of hydrogen-bond donors (Lipinski definition) is 1. The average Bonchev–Trinajstić information content (AvgIpc) is 2.65. The Morgan fingerprint density at radius 2 is 1.75 bits per heavy atom. The highest BCUT2D eigenvalue weighted by molar-refractivity contribution is 6.30. The number of carbonyl (C=O) groups is 1. The molecule has 1 N–H and O–H groups in total. The fourth-order valence-electron chi connectivity index (χ4n) is 3.17. The van der Waals surface area contributed by atoms with E-state index in [2.05, 4.69) is 27.3 Å². The summed E-state index contributed by atoms with van der Waals surface area (Å²) < 4.78 is 0. The van der Waals surface area contributed by atoms with Crippen molar-refractivity contribution in [1.82, 2.24) is 15.2 Å². The van der Waals surface area contributed by atoms with Crippen LogP contribution in [0, 0.1) is 0 Å². The van der Waals surface area contributed by atoms with Crippen molar-refractivity contribution in [3.63, 3.8) is 0 Å². The lowest BCUT2D eigenvalue weighted by molar-refractivity contribution is 0.0924. The molecule has 0 spiro atoms. The third-order valence-electron chi connectivity index (χ3n) is 4.48. The van der Waals surface area contributed by atoms with Crippen molar-refractivity contribution < 1.29 is 4.79 Å². The second kappa shape index (κ2) is 8.27. The molecule has 0 unspecified atom stereocenters. The lowest BCUT2D eigenvalue weighted by atomic mass is 10.0. The normalized spacial score (nSPS) is 16.5. The number of piperidine rings is 1. The first-order valence-electron chi connectivity index (χ1n) is 8.42. The van der Waals surface area contributed by atoms with Crippen molar-refractivity contribution in [1.29, 1.82) is 0 Å². The molecule has 4 nitrogen and oxygen atoms in total. The summed E-state index contributed by atoms with van der Waals surface area (Å²) in [6, 6.07) is 11.6. The minimum Gasteiger partial charge on any atom is -0.350 e. The van der Waals surface area contributed by atoms with Crippen LogP contribution < -0.4 is 5.32 Å². The third-order valence-corrected chi connectivity index (χ3v) is 4.74. The van der Waals surface area contributed by atoms with Gasteiger partial charge in [0.25, 0.3) is 5.91 Å².